The van der Waals surface area contributed by atoms with Gasteiger partial charge < -0.3 is 10.1 Å². The number of hydrogen-bond donors (Lipinski definition) is 1. The molecule has 0 aliphatic carbocycles. The number of amides is 1. The van der Waals surface area contributed by atoms with E-state index in [1.807, 2.05) is 54.6 Å². The highest BCUT2D eigenvalue weighted by molar-refractivity contribution is 5.88. The Morgan fingerprint density at radius 2 is 1.78 bits per heavy atom. The van der Waals surface area contributed by atoms with Crippen molar-refractivity contribution in [2.45, 2.75) is 20.4 Å². The first-order chi connectivity index (χ1) is 11.2. The van der Waals surface area contributed by atoms with Crippen LogP contribution in [0.15, 0.2) is 54.6 Å². The van der Waals surface area contributed by atoms with Crippen molar-refractivity contribution in [3.8, 4) is 5.75 Å². The van der Waals surface area contributed by atoms with Crippen molar-refractivity contribution >= 4 is 11.6 Å². The largest absolute Gasteiger partial charge is 0.492 e. The summed E-state index contributed by atoms with van der Waals surface area (Å²) in [4.78, 5) is 13.4. The maximum absolute atomic E-state index is 11.0. The Labute approximate surface area is 138 Å². The highest BCUT2D eigenvalue weighted by Crippen LogP contribution is 2.12. The summed E-state index contributed by atoms with van der Waals surface area (Å²) < 4.78 is 5.75. The van der Waals surface area contributed by atoms with Gasteiger partial charge in [-0.05, 0) is 36.4 Å². The Hall–Kier alpha value is -2.33. The maximum Gasteiger partial charge on any atom is 0.221 e. The SMILES string of the molecule is CCN(CCOc1ccccc1)Cc1ccc(NC(C)=O)cc1. The van der Waals surface area contributed by atoms with Crippen LogP contribution in [0.25, 0.3) is 0 Å². The van der Waals surface area contributed by atoms with Crippen LogP contribution in [-0.2, 0) is 11.3 Å². The second kappa shape index (κ2) is 8.96. The number of rotatable bonds is 8. The van der Waals surface area contributed by atoms with E-state index in [9.17, 15) is 4.79 Å². The lowest BCUT2D eigenvalue weighted by Gasteiger charge is -2.20. The van der Waals surface area contributed by atoms with Gasteiger partial charge in [-0.2, -0.15) is 0 Å². The van der Waals surface area contributed by atoms with Gasteiger partial charge in [0.2, 0.25) is 5.91 Å². The molecule has 0 saturated heterocycles. The van der Waals surface area contributed by atoms with Crippen molar-refractivity contribution in [3.05, 3.63) is 60.2 Å². The summed E-state index contributed by atoms with van der Waals surface area (Å²) in [5.41, 5.74) is 2.05. The Morgan fingerprint density at radius 3 is 2.39 bits per heavy atom. The number of carbonyl (C=O) groups is 1. The van der Waals surface area contributed by atoms with Crippen molar-refractivity contribution in [2.75, 3.05) is 25.0 Å². The molecule has 0 aliphatic rings. The Kier molecular flexibility index (Phi) is 6.63. The van der Waals surface area contributed by atoms with Gasteiger partial charge in [0.05, 0.1) is 0 Å². The van der Waals surface area contributed by atoms with Gasteiger partial charge in [-0.1, -0.05) is 37.3 Å². The molecule has 23 heavy (non-hydrogen) atoms. The van der Waals surface area contributed by atoms with E-state index in [0.717, 1.165) is 31.1 Å². The molecule has 0 bridgehead atoms. The number of nitrogens with one attached hydrogen (secondary N) is 1. The number of anilines is 1. The van der Waals surface area contributed by atoms with Crippen molar-refractivity contribution in [2.24, 2.45) is 0 Å². The number of hydrogen-bond acceptors (Lipinski definition) is 3. The molecule has 0 saturated carbocycles. The first-order valence-electron chi connectivity index (χ1n) is 7.94. The van der Waals surface area contributed by atoms with E-state index >= 15 is 0 Å². The molecular weight excluding hydrogens is 288 g/mol. The third-order valence-corrected chi connectivity index (χ3v) is 3.55. The third kappa shape index (κ3) is 6.12. The normalized spacial score (nSPS) is 10.6. The topological polar surface area (TPSA) is 41.6 Å². The minimum atomic E-state index is -0.0500. The molecule has 4 heteroatoms. The molecule has 1 amide bonds. The van der Waals surface area contributed by atoms with Gasteiger partial charge in [-0.25, -0.2) is 0 Å². The van der Waals surface area contributed by atoms with Crippen LogP contribution in [0.2, 0.25) is 0 Å². The van der Waals surface area contributed by atoms with Gasteiger partial charge >= 0.3 is 0 Å². The number of ether oxygens (including phenoxy) is 1. The van der Waals surface area contributed by atoms with Crippen molar-refractivity contribution in [1.29, 1.82) is 0 Å². The molecule has 0 aliphatic heterocycles. The predicted molar refractivity (Wildman–Crippen MR) is 93.6 cm³/mol. The van der Waals surface area contributed by atoms with Crippen LogP contribution in [0.4, 0.5) is 5.69 Å². The molecule has 0 unspecified atom stereocenters. The zero-order valence-corrected chi connectivity index (χ0v) is 13.8. The smallest absolute Gasteiger partial charge is 0.221 e. The molecule has 2 aromatic carbocycles. The number of carbonyl (C=O) groups excluding carboxylic acids is 1. The fourth-order valence-electron chi connectivity index (χ4n) is 2.31. The minimum absolute atomic E-state index is 0.0500. The highest BCUT2D eigenvalue weighted by atomic mass is 16.5. The molecule has 0 aromatic heterocycles. The van der Waals surface area contributed by atoms with E-state index in [-0.39, 0.29) is 5.91 Å². The number of benzene rings is 2. The minimum Gasteiger partial charge on any atom is -0.492 e. The second-order valence-corrected chi connectivity index (χ2v) is 5.41. The van der Waals surface area contributed by atoms with Gasteiger partial charge in [-0.3, -0.25) is 9.69 Å². The van der Waals surface area contributed by atoms with Crippen LogP contribution in [0, 0.1) is 0 Å². The Morgan fingerprint density at radius 1 is 1.09 bits per heavy atom. The zero-order valence-electron chi connectivity index (χ0n) is 13.8. The number of para-hydroxylation sites is 1. The van der Waals surface area contributed by atoms with Crippen molar-refractivity contribution in [3.63, 3.8) is 0 Å². The van der Waals surface area contributed by atoms with Gasteiger partial charge in [0.15, 0.2) is 0 Å². The number of nitrogens with zero attached hydrogens (tertiary/aromatic N) is 1. The second-order valence-electron chi connectivity index (χ2n) is 5.41. The van der Waals surface area contributed by atoms with Crippen molar-refractivity contribution in [1.82, 2.24) is 4.90 Å². The quantitative estimate of drug-likeness (QED) is 0.810. The van der Waals surface area contributed by atoms with Gasteiger partial charge in [0, 0.05) is 25.7 Å². The lowest BCUT2D eigenvalue weighted by Crippen LogP contribution is -2.27. The van der Waals surface area contributed by atoms with E-state index in [1.54, 1.807) is 0 Å². The Bertz CT molecular complexity index is 597. The first kappa shape index (κ1) is 17.0. The standard InChI is InChI=1S/C19H24N2O2/c1-3-21(13-14-23-19-7-5-4-6-8-19)15-17-9-11-18(12-10-17)20-16(2)22/h4-12H,3,13-15H2,1-2H3,(H,20,22). The van der Waals surface area contributed by atoms with Crippen LogP contribution in [0.1, 0.15) is 19.4 Å². The summed E-state index contributed by atoms with van der Waals surface area (Å²) >= 11 is 0. The van der Waals surface area contributed by atoms with E-state index in [0.29, 0.717) is 6.61 Å². The molecule has 0 radical (unpaired) electrons. The summed E-state index contributed by atoms with van der Waals surface area (Å²) in [5, 5.41) is 2.78. The van der Waals surface area contributed by atoms with Crippen LogP contribution in [-0.4, -0.2) is 30.5 Å². The summed E-state index contributed by atoms with van der Waals surface area (Å²) in [6.07, 6.45) is 0. The van der Waals surface area contributed by atoms with Crippen LogP contribution >= 0.6 is 0 Å². The lowest BCUT2D eigenvalue weighted by molar-refractivity contribution is -0.114. The van der Waals surface area contributed by atoms with E-state index in [1.165, 1.54) is 12.5 Å². The maximum atomic E-state index is 11.0. The highest BCUT2D eigenvalue weighted by Gasteiger charge is 2.05. The molecule has 1 N–H and O–H groups in total. The monoisotopic (exact) mass is 312 g/mol. The van der Waals surface area contributed by atoms with E-state index < -0.39 is 0 Å². The van der Waals surface area contributed by atoms with Gasteiger partial charge in [0.1, 0.15) is 12.4 Å². The van der Waals surface area contributed by atoms with Gasteiger partial charge in [-0.15, -0.1) is 0 Å². The lowest BCUT2D eigenvalue weighted by atomic mass is 10.2. The third-order valence-electron chi connectivity index (χ3n) is 3.55. The molecular formula is C19H24N2O2. The fourth-order valence-corrected chi connectivity index (χ4v) is 2.31. The molecule has 0 heterocycles. The fraction of sp³-hybridized carbons (Fsp3) is 0.316. The van der Waals surface area contributed by atoms with E-state index in [4.69, 9.17) is 4.74 Å². The Balaban J connectivity index is 1.80. The molecule has 0 fully saturated rings. The van der Waals surface area contributed by atoms with Crippen LogP contribution in [0.5, 0.6) is 5.75 Å². The molecule has 0 spiro atoms. The summed E-state index contributed by atoms with van der Waals surface area (Å²) in [5.74, 6) is 0.856. The molecule has 2 rings (SSSR count). The molecule has 2 aromatic rings. The van der Waals surface area contributed by atoms with Crippen LogP contribution < -0.4 is 10.1 Å². The average Bonchev–Trinajstić information content (AvgIpc) is 2.56. The predicted octanol–water partition coefficient (Wildman–Crippen LogP) is 3.55. The summed E-state index contributed by atoms with van der Waals surface area (Å²) in [6, 6.07) is 17.8. The summed E-state index contributed by atoms with van der Waals surface area (Å²) in [6.45, 7) is 7.04. The van der Waals surface area contributed by atoms with Gasteiger partial charge in [0.25, 0.3) is 0 Å². The van der Waals surface area contributed by atoms with E-state index in [2.05, 4.69) is 17.1 Å². The summed E-state index contributed by atoms with van der Waals surface area (Å²) in [7, 11) is 0. The number of likely N-dealkylation sites (N-methyl/N-ethyl adjacent to an activating group) is 1. The zero-order chi connectivity index (χ0) is 16.5. The molecule has 0 atom stereocenters. The first-order valence-corrected chi connectivity index (χ1v) is 7.94. The average molecular weight is 312 g/mol. The van der Waals surface area contributed by atoms with Crippen LogP contribution in [0.3, 0.4) is 0 Å². The molecule has 122 valence electrons. The molecule has 4 nitrogen and oxygen atoms in total. The van der Waals surface area contributed by atoms with Crippen molar-refractivity contribution < 1.29 is 9.53 Å².